The van der Waals surface area contributed by atoms with Crippen molar-refractivity contribution >= 4 is 17.4 Å². The van der Waals surface area contributed by atoms with E-state index >= 15 is 0 Å². The van der Waals surface area contributed by atoms with Gasteiger partial charge in [-0.3, -0.25) is 14.5 Å². The zero-order valence-electron chi connectivity index (χ0n) is 18.2. The Hall–Kier alpha value is -2.88. The zero-order chi connectivity index (χ0) is 21.5. The molecule has 4 heteroatoms. The van der Waals surface area contributed by atoms with Crippen molar-refractivity contribution in [3.8, 4) is 5.75 Å². The molecule has 1 heterocycles. The predicted molar refractivity (Wildman–Crippen MR) is 119 cm³/mol. The monoisotopic (exact) mass is 403 g/mol. The Kier molecular flexibility index (Phi) is 5.27. The van der Waals surface area contributed by atoms with Gasteiger partial charge in [-0.15, -0.1) is 0 Å². The molecule has 1 aliphatic carbocycles. The number of methoxy groups -OCH3 is 1. The Morgan fingerprint density at radius 2 is 1.73 bits per heavy atom. The average molecular weight is 404 g/mol. The fourth-order valence-electron chi connectivity index (χ4n) is 4.82. The van der Waals surface area contributed by atoms with Crippen molar-refractivity contribution in [2.24, 2.45) is 5.41 Å². The first-order valence-electron chi connectivity index (χ1n) is 10.7. The fraction of sp³-hybridized carbons (Fsp3) is 0.385. The van der Waals surface area contributed by atoms with Gasteiger partial charge in [0.05, 0.1) is 7.11 Å². The number of amides is 1. The lowest BCUT2D eigenvalue weighted by Crippen LogP contribution is -2.43. The van der Waals surface area contributed by atoms with Crippen LogP contribution in [0.3, 0.4) is 0 Å². The molecule has 0 saturated carbocycles. The summed E-state index contributed by atoms with van der Waals surface area (Å²) >= 11 is 0. The smallest absolute Gasteiger partial charge is 0.232 e. The van der Waals surface area contributed by atoms with Gasteiger partial charge in [-0.2, -0.15) is 0 Å². The van der Waals surface area contributed by atoms with E-state index in [2.05, 4.69) is 32.9 Å². The van der Waals surface area contributed by atoms with Crippen LogP contribution in [-0.4, -0.2) is 18.8 Å². The molecule has 1 unspecified atom stereocenters. The van der Waals surface area contributed by atoms with Crippen molar-refractivity contribution in [2.75, 3.05) is 12.0 Å². The maximum atomic E-state index is 13.4. The number of nitrogens with zero attached hydrogens (tertiary/aromatic N) is 1. The number of hydrogen-bond acceptors (Lipinski definition) is 3. The van der Waals surface area contributed by atoms with E-state index in [1.165, 1.54) is 5.56 Å². The number of benzene rings is 2. The van der Waals surface area contributed by atoms with E-state index in [4.69, 9.17) is 4.74 Å². The summed E-state index contributed by atoms with van der Waals surface area (Å²) in [7, 11) is 1.63. The van der Waals surface area contributed by atoms with Crippen LogP contribution in [0.4, 0.5) is 5.69 Å². The molecule has 0 aromatic heterocycles. The first kappa shape index (κ1) is 20.4. The number of ketones is 1. The summed E-state index contributed by atoms with van der Waals surface area (Å²) in [6.07, 6.45) is 2.40. The van der Waals surface area contributed by atoms with E-state index in [0.29, 0.717) is 12.8 Å². The van der Waals surface area contributed by atoms with Gasteiger partial charge in [0.25, 0.3) is 0 Å². The van der Waals surface area contributed by atoms with Crippen molar-refractivity contribution in [1.29, 1.82) is 0 Å². The van der Waals surface area contributed by atoms with Crippen LogP contribution in [0.1, 0.15) is 57.1 Å². The molecule has 0 spiro atoms. The quantitative estimate of drug-likeness (QED) is 0.685. The Labute approximate surface area is 178 Å². The molecule has 1 amide bonds. The number of aryl methyl sites for hydroxylation is 1. The van der Waals surface area contributed by atoms with E-state index < -0.39 is 0 Å². The molecular formula is C26H29NO3. The summed E-state index contributed by atoms with van der Waals surface area (Å²) in [5, 5.41) is 0. The van der Waals surface area contributed by atoms with Crippen molar-refractivity contribution in [1.82, 2.24) is 0 Å². The molecule has 156 valence electrons. The second-order valence-corrected chi connectivity index (χ2v) is 9.05. The number of allylic oxidation sites excluding steroid dienone is 2. The maximum Gasteiger partial charge on any atom is 0.232 e. The number of rotatable bonds is 4. The lowest BCUT2D eigenvalue weighted by atomic mass is 9.69. The highest BCUT2D eigenvalue weighted by molar-refractivity contribution is 6.08. The van der Waals surface area contributed by atoms with Crippen molar-refractivity contribution in [3.05, 3.63) is 70.9 Å². The highest BCUT2D eigenvalue weighted by atomic mass is 16.5. The van der Waals surface area contributed by atoms with Gasteiger partial charge in [-0.25, -0.2) is 0 Å². The van der Waals surface area contributed by atoms with Crippen LogP contribution in [-0.2, 0) is 16.0 Å². The minimum atomic E-state index is -0.265. The Morgan fingerprint density at radius 1 is 1.03 bits per heavy atom. The summed E-state index contributed by atoms with van der Waals surface area (Å²) in [6, 6.07) is 15.8. The molecule has 0 fully saturated rings. The second kappa shape index (κ2) is 7.75. The molecule has 1 aliphatic heterocycles. The van der Waals surface area contributed by atoms with E-state index in [1.54, 1.807) is 12.0 Å². The van der Waals surface area contributed by atoms with Gasteiger partial charge in [0.15, 0.2) is 5.78 Å². The molecule has 2 aliphatic rings. The summed E-state index contributed by atoms with van der Waals surface area (Å²) < 4.78 is 5.57. The van der Waals surface area contributed by atoms with Gasteiger partial charge in [0.2, 0.25) is 5.91 Å². The number of Topliss-reactive ketones (excluding diaryl/α,β-unsaturated/α-hetero) is 1. The van der Waals surface area contributed by atoms with Crippen LogP contribution in [0, 0.1) is 5.41 Å². The molecule has 2 aromatic rings. The molecule has 4 rings (SSSR count). The minimum absolute atomic E-state index is 0.0272. The molecule has 30 heavy (non-hydrogen) atoms. The van der Waals surface area contributed by atoms with Gasteiger partial charge >= 0.3 is 0 Å². The largest absolute Gasteiger partial charge is 0.496 e. The molecule has 1 atom stereocenters. The summed E-state index contributed by atoms with van der Waals surface area (Å²) in [5.41, 5.74) is 4.43. The van der Waals surface area contributed by atoms with E-state index in [9.17, 15) is 9.59 Å². The van der Waals surface area contributed by atoms with E-state index in [-0.39, 0.29) is 29.4 Å². The first-order chi connectivity index (χ1) is 14.3. The third-order valence-corrected chi connectivity index (χ3v) is 6.26. The lowest BCUT2D eigenvalue weighted by Gasteiger charge is -2.43. The Morgan fingerprint density at radius 3 is 2.40 bits per heavy atom. The van der Waals surface area contributed by atoms with Crippen molar-refractivity contribution in [3.63, 3.8) is 0 Å². The van der Waals surface area contributed by atoms with Crippen LogP contribution in [0.25, 0.3) is 0 Å². The number of carbonyl (C=O) groups is 2. The van der Waals surface area contributed by atoms with Gasteiger partial charge in [-0.05, 0) is 42.0 Å². The number of hydrogen-bond donors (Lipinski definition) is 0. The molecule has 0 N–H and O–H groups in total. The summed E-state index contributed by atoms with van der Waals surface area (Å²) in [4.78, 5) is 28.6. The van der Waals surface area contributed by atoms with Gasteiger partial charge in [0.1, 0.15) is 5.75 Å². The van der Waals surface area contributed by atoms with Crippen LogP contribution < -0.4 is 9.64 Å². The molecule has 4 nitrogen and oxygen atoms in total. The number of para-hydroxylation sites is 1. The zero-order valence-corrected chi connectivity index (χ0v) is 18.2. The Balaban J connectivity index is 1.89. The molecular weight excluding hydrogens is 374 g/mol. The third-order valence-electron chi connectivity index (χ3n) is 6.26. The van der Waals surface area contributed by atoms with Crippen LogP contribution in [0.2, 0.25) is 0 Å². The SMILES string of the molecule is CCc1ccc(N2C(=O)CC(c3ccccc3OC)C3=C2CC(C)(C)CC3=O)cc1. The average Bonchev–Trinajstić information content (AvgIpc) is 2.72. The highest BCUT2D eigenvalue weighted by Gasteiger charge is 2.44. The normalized spacial score (nSPS) is 20.9. The molecule has 0 radical (unpaired) electrons. The minimum Gasteiger partial charge on any atom is -0.496 e. The maximum absolute atomic E-state index is 13.4. The highest BCUT2D eigenvalue weighted by Crippen LogP contribution is 2.49. The number of anilines is 1. The topological polar surface area (TPSA) is 46.6 Å². The van der Waals surface area contributed by atoms with Crippen LogP contribution >= 0.6 is 0 Å². The number of ether oxygens (including phenoxy) is 1. The van der Waals surface area contributed by atoms with Crippen LogP contribution in [0.5, 0.6) is 5.75 Å². The second-order valence-electron chi connectivity index (χ2n) is 9.05. The fourth-order valence-corrected chi connectivity index (χ4v) is 4.82. The van der Waals surface area contributed by atoms with Crippen LogP contribution in [0.15, 0.2) is 59.8 Å². The molecule has 0 bridgehead atoms. The first-order valence-corrected chi connectivity index (χ1v) is 10.7. The van der Waals surface area contributed by atoms with Gasteiger partial charge in [0, 0.05) is 41.3 Å². The molecule has 2 aromatic carbocycles. The van der Waals surface area contributed by atoms with Gasteiger partial charge < -0.3 is 4.74 Å². The third kappa shape index (κ3) is 3.55. The van der Waals surface area contributed by atoms with Crippen molar-refractivity contribution < 1.29 is 14.3 Å². The summed E-state index contributed by atoms with van der Waals surface area (Å²) in [6.45, 7) is 6.32. The van der Waals surface area contributed by atoms with E-state index in [0.717, 1.165) is 34.7 Å². The summed E-state index contributed by atoms with van der Waals surface area (Å²) in [5.74, 6) is 0.623. The van der Waals surface area contributed by atoms with E-state index in [1.807, 2.05) is 36.4 Å². The number of carbonyl (C=O) groups excluding carboxylic acids is 2. The van der Waals surface area contributed by atoms with Crippen molar-refractivity contribution in [2.45, 2.75) is 52.4 Å². The Bertz CT molecular complexity index is 1020. The molecule has 0 saturated heterocycles. The standard InChI is InChI=1S/C26H29NO3/c1-5-17-10-12-18(13-11-17)27-21-15-26(2,3)16-22(28)25(21)20(14-24(27)29)19-8-6-7-9-23(19)30-4/h6-13,20H,5,14-16H2,1-4H3. The lowest BCUT2D eigenvalue weighted by molar-refractivity contribution is -0.121. The predicted octanol–water partition coefficient (Wildman–Crippen LogP) is 5.42. The van der Waals surface area contributed by atoms with Gasteiger partial charge in [-0.1, -0.05) is 51.1 Å².